The molecule has 1 amide bonds. The van der Waals surface area contributed by atoms with Crippen molar-refractivity contribution in [3.8, 4) is 0 Å². The van der Waals surface area contributed by atoms with E-state index in [-0.39, 0.29) is 18.9 Å². The standard InChI is InChI=1S/C91H155NO18/c1-3-5-7-9-11-13-15-17-19-21-23-25-27-29-31-33-34-35-36-37-38-39-40-41-43-45-47-49-51-53-55-57-59-61-63-65-67-69-79(97)92-74(75(96)68-66-64-62-60-58-56-54-52-50-48-46-44-42-32-30-28-26-24-22-20-18-16-14-12-10-8-6-4-2)73-105-89-85(103)82(100)87(77(71-94)107-89)110-91-86(104)83(101)88(78(72-95)108-91)109-90-84(102)81(99)80(98)76(70-93)106-90/h5,7,11,13,17,19,23,25,29,31,34-35,37-38,40-41,50,52,58,60,66,68,74-78,80-91,93-96,98-104H,3-4,6,8-10,12,14-16,18,20-22,24,26-28,30,32-33,36,39,42-49,51,53-57,59,61-65,67,69-73H2,1-2H3,(H,92,97)/b7-5-,13-11-,19-17-,25-23-,31-29-,35-34-,38-37-,41-40-,52-50+,60-58+,68-66+. The molecule has 0 bridgehead atoms. The molecule has 12 N–H and O–H groups in total. The molecule has 17 unspecified atom stereocenters. The van der Waals surface area contributed by atoms with E-state index in [9.17, 15) is 61.0 Å². The molecule has 19 heteroatoms. The second-order valence-corrected chi connectivity index (χ2v) is 30.2. The van der Waals surface area contributed by atoms with Crippen LogP contribution < -0.4 is 5.32 Å². The molecule has 3 fully saturated rings. The molecule has 0 saturated carbocycles. The summed E-state index contributed by atoms with van der Waals surface area (Å²) in [4.78, 5) is 13.5. The van der Waals surface area contributed by atoms with Crippen molar-refractivity contribution in [2.24, 2.45) is 0 Å². The van der Waals surface area contributed by atoms with Crippen LogP contribution in [0.15, 0.2) is 134 Å². The maximum Gasteiger partial charge on any atom is 0.220 e. The Kier molecular flexibility index (Phi) is 63.0. The summed E-state index contributed by atoms with van der Waals surface area (Å²) in [7, 11) is 0. The summed E-state index contributed by atoms with van der Waals surface area (Å²) in [6.07, 6.45) is 73.0. The number of unbranched alkanes of at least 4 members (excludes halogenated alkanes) is 32. The van der Waals surface area contributed by atoms with Crippen LogP contribution in [0, 0.1) is 0 Å². The van der Waals surface area contributed by atoms with E-state index < -0.39 is 124 Å². The van der Waals surface area contributed by atoms with E-state index in [1.807, 2.05) is 6.08 Å². The molecule has 3 aliphatic rings. The Hall–Kier alpha value is -4.07. The van der Waals surface area contributed by atoms with Gasteiger partial charge in [-0.3, -0.25) is 4.79 Å². The predicted molar refractivity (Wildman–Crippen MR) is 443 cm³/mol. The van der Waals surface area contributed by atoms with Crippen LogP contribution in [0.1, 0.15) is 303 Å². The van der Waals surface area contributed by atoms with Gasteiger partial charge in [-0.2, -0.15) is 0 Å². The second-order valence-electron chi connectivity index (χ2n) is 30.2. The average molecular weight is 1550 g/mol. The van der Waals surface area contributed by atoms with Crippen molar-refractivity contribution >= 4 is 5.91 Å². The Bertz CT molecular complexity index is 2510. The molecular formula is C91H155NO18. The zero-order valence-electron chi connectivity index (χ0n) is 67.9. The smallest absolute Gasteiger partial charge is 0.220 e. The highest BCUT2D eigenvalue weighted by molar-refractivity contribution is 5.76. The number of ether oxygens (including phenoxy) is 6. The molecule has 3 saturated heterocycles. The molecular weight excluding hydrogens is 1390 g/mol. The highest BCUT2D eigenvalue weighted by Crippen LogP contribution is 2.33. The highest BCUT2D eigenvalue weighted by Gasteiger charge is 2.54. The molecule has 3 aliphatic heterocycles. The van der Waals surface area contributed by atoms with E-state index in [0.717, 1.165) is 109 Å². The van der Waals surface area contributed by atoms with E-state index in [1.165, 1.54) is 161 Å². The van der Waals surface area contributed by atoms with E-state index in [2.05, 4.69) is 141 Å². The quantitative estimate of drug-likeness (QED) is 0.0199. The van der Waals surface area contributed by atoms with Gasteiger partial charge in [0, 0.05) is 6.42 Å². The first-order valence-electron chi connectivity index (χ1n) is 43.4. The number of carbonyl (C=O) groups excluding carboxylic acids is 1. The van der Waals surface area contributed by atoms with Gasteiger partial charge in [0.1, 0.15) is 73.2 Å². The first-order valence-corrected chi connectivity index (χ1v) is 43.4. The molecule has 19 nitrogen and oxygen atoms in total. The van der Waals surface area contributed by atoms with Gasteiger partial charge in [0.2, 0.25) is 5.91 Å². The lowest BCUT2D eigenvalue weighted by Gasteiger charge is -2.48. The van der Waals surface area contributed by atoms with Gasteiger partial charge in [-0.05, 0) is 109 Å². The molecule has 0 radical (unpaired) electrons. The molecule has 17 atom stereocenters. The first kappa shape index (κ1) is 100. The largest absolute Gasteiger partial charge is 0.394 e. The number of amides is 1. The Morgan fingerprint density at radius 3 is 1.02 bits per heavy atom. The van der Waals surface area contributed by atoms with Gasteiger partial charge >= 0.3 is 0 Å². The summed E-state index contributed by atoms with van der Waals surface area (Å²) in [6.45, 7) is 1.61. The van der Waals surface area contributed by atoms with E-state index in [0.29, 0.717) is 12.8 Å². The number of allylic oxidation sites excluding steroid dienone is 21. The zero-order valence-corrected chi connectivity index (χ0v) is 67.9. The number of hydrogen-bond donors (Lipinski definition) is 12. The van der Waals surface area contributed by atoms with Crippen LogP contribution in [0.3, 0.4) is 0 Å². The number of hydrogen-bond acceptors (Lipinski definition) is 18. The monoisotopic (exact) mass is 1550 g/mol. The molecule has 110 heavy (non-hydrogen) atoms. The lowest BCUT2D eigenvalue weighted by Crippen LogP contribution is -2.66. The van der Waals surface area contributed by atoms with Crippen molar-refractivity contribution in [2.75, 3.05) is 26.4 Å². The van der Waals surface area contributed by atoms with Crippen LogP contribution in [-0.4, -0.2) is 193 Å². The summed E-state index contributed by atoms with van der Waals surface area (Å²) in [5, 5.41) is 121. The second kappa shape index (κ2) is 69.3. The Morgan fingerprint density at radius 1 is 0.336 bits per heavy atom. The van der Waals surface area contributed by atoms with Crippen LogP contribution in [0.2, 0.25) is 0 Å². The third-order valence-electron chi connectivity index (χ3n) is 20.7. The van der Waals surface area contributed by atoms with Crippen molar-refractivity contribution in [1.82, 2.24) is 5.32 Å². The normalized spacial score (nSPS) is 25.8. The Morgan fingerprint density at radius 2 is 0.636 bits per heavy atom. The maximum atomic E-state index is 13.5. The van der Waals surface area contributed by atoms with Crippen LogP contribution in [-0.2, 0) is 33.2 Å². The van der Waals surface area contributed by atoms with Crippen molar-refractivity contribution in [3.63, 3.8) is 0 Å². The third kappa shape index (κ3) is 47.7. The molecule has 0 aromatic heterocycles. The SMILES string of the molecule is CC/C=C\C/C=C\C/C=C\C/C=C\C/C=C\C/C=C\C/C=C\C/C=C\CCCCCCCCCCCCCCC(=O)NC(COC1OC(CO)C(OC2OC(CO)C(OC3OC(CO)C(O)C(O)C3O)C(O)C2O)C(O)C1O)C(O)/C=C/CC/C=C/CC/C=C/CCCCCCCCCCCCCCCCCCCC. The molecule has 0 aromatic carbocycles. The zero-order chi connectivity index (χ0) is 79.5. The maximum absolute atomic E-state index is 13.5. The summed E-state index contributed by atoms with van der Waals surface area (Å²) >= 11 is 0. The average Bonchev–Trinajstić information content (AvgIpc) is 0.784. The van der Waals surface area contributed by atoms with Crippen molar-refractivity contribution in [3.05, 3.63) is 134 Å². The summed E-state index contributed by atoms with van der Waals surface area (Å²) in [6, 6.07) is -1.01. The minimum atomic E-state index is -1.99. The van der Waals surface area contributed by atoms with Crippen molar-refractivity contribution in [2.45, 2.75) is 407 Å². The summed E-state index contributed by atoms with van der Waals surface area (Å²) in [5.41, 5.74) is 0. The predicted octanol–water partition coefficient (Wildman–Crippen LogP) is 16.0. The van der Waals surface area contributed by atoms with Crippen LogP contribution in [0.5, 0.6) is 0 Å². The van der Waals surface area contributed by atoms with E-state index in [4.69, 9.17) is 28.4 Å². The Labute approximate surface area is 664 Å². The summed E-state index contributed by atoms with van der Waals surface area (Å²) < 4.78 is 34.5. The van der Waals surface area contributed by atoms with Gasteiger partial charge in [0.15, 0.2) is 18.9 Å². The third-order valence-corrected chi connectivity index (χ3v) is 20.7. The minimum Gasteiger partial charge on any atom is -0.394 e. The van der Waals surface area contributed by atoms with Crippen LogP contribution >= 0.6 is 0 Å². The van der Waals surface area contributed by atoms with Gasteiger partial charge < -0.3 is 89.9 Å². The lowest BCUT2D eigenvalue weighted by atomic mass is 9.96. The number of nitrogens with one attached hydrogen (secondary N) is 1. The van der Waals surface area contributed by atoms with E-state index in [1.54, 1.807) is 6.08 Å². The van der Waals surface area contributed by atoms with Crippen LogP contribution in [0.25, 0.3) is 0 Å². The molecule has 3 rings (SSSR count). The highest BCUT2D eigenvalue weighted by atomic mass is 16.8. The fourth-order valence-electron chi connectivity index (χ4n) is 13.8. The fraction of sp³-hybridized carbons (Fsp3) is 0.747. The summed E-state index contributed by atoms with van der Waals surface area (Å²) in [5.74, 6) is -0.294. The van der Waals surface area contributed by atoms with Crippen molar-refractivity contribution < 1.29 is 89.4 Å². The van der Waals surface area contributed by atoms with Gasteiger partial charge in [-0.15, -0.1) is 0 Å². The molecule has 0 aliphatic carbocycles. The van der Waals surface area contributed by atoms with Crippen LogP contribution in [0.4, 0.5) is 0 Å². The van der Waals surface area contributed by atoms with E-state index >= 15 is 0 Å². The van der Waals surface area contributed by atoms with Gasteiger partial charge in [-0.25, -0.2) is 0 Å². The number of aliphatic hydroxyl groups excluding tert-OH is 11. The van der Waals surface area contributed by atoms with Gasteiger partial charge in [0.05, 0.1) is 38.6 Å². The number of aliphatic hydroxyl groups is 11. The molecule has 0 aromatic rings. The first-order chi connectivity index (χ1) is 53.8. The molecule has 0 spiro atoms. The molecule has 632 valence electrons. The fourth-order valence-corrected chi connectivity index (χ4v) is 13.8. The minimum absolute atomic E-state index is 0.222. The number of rotatable bonds is 68. The molecule has 3 heterocycles. The van der Waals surface area contributed by atoms with Gasteiger partial charge in [0.25, 0.3) is 0 Å². The lowest BCUT2D eigenvalue weighted by molar-refractivity contribution is -0.379. The van der Waals surface area contributed by atoms with Gasteiger partial charge in [-0.1, -0.05) is 321 Å². The topological polar surface area (TPSA) is 307 Å². The number of carbonyl (C=O) groups is 1. The van der Waals surface area contributed by atoms with Crippen molar-refractivity contribution in [1.29, 1.82) is 0 Å². The Balaban J connectivity index is 1.36.